The first-order valence-corrected chi connectivity index (χ1v) is 8.39. The summed E-state index contributed by atoms with van der Waals surface area (Å²) in [6.45, 7) is 1.92. The highest BCUT2D eigenvalue weighted by molar-refractivity contribution is 5.82. The van der Waals surface area contributed by atoms with Gasteiger partial charge in [-0.1, -0.05) is 30.3 Å². The summed E-state index contributed by atoms with van der Waals surface area (Å²) in [5.41, 5.74) is 3.59. The fourth-order valence-electron chi connectivity index (χ4n) is 2.92. The predicted octanol–water partition coefficient (Wildman–Crippen LogP) is 5.20. The number of aryl methyl sites for hydroxylation is 1. The Morgan fingerprint density at radius 3 is 2.69 bits per heavy atom. The van der Waals surface area contributed by atoms with Crippen LogP contribution in [0.5, 0.6) is 0 Å². The fraction of sp³-hybridized carbons (Fsp3) is 0.0909. The molecule has 128 valence electrons. The molecule has 4 rings (SSSR count). The molecule has 0 fully saturated rings. The normalized spacial score (nSPS) is 11.4. The van der Waals surface area contributed by atoms with Gasteiger partial charge in [0.05, 0.1) is 12.1 Å². The molecule has 2 aromatic carbocycles. The third-order valence-electron chi connectivity index (χ3n) is 4.21. The lowest BCUT2D eigenvalue weighted by Gasteiger charge is -1.93. The van der Waals surface area contributed by atoms with Gasteiger partial charge >= 0.3 is 0 Å². The van der Waals surface area contributed by atoms with Crippen molar-refractivity contribution >= 4 is 23.3 Å². The van der Waals surface area contributed by atoms with E-state index in [2.05, 4.69) is 4.98 Å². The Hall–Kier alpha value is -3.40. The summed E-state index contributed by atoms with van der Waals surface area (Å²) in [4.78, 5) is 15.1. The molecular formula is C22H17NO3. The van der Waals surface area contributed by atoms with Crippen molar-refractivity contribution in [3.05, 3.63) is 83.5 Å². The fourth-order valence-corrected chi connectivity index (χ4v) is 2.92. The SMILES string of the molecule is Cc1oc(-c2ccccc2)nc1Cc1cc2cc(C=CC=O)ccc2o1. The molecular weight excluding hydrogens is 326 g/mol. The minimum Gasteiger partial charge on any atom is -0.461 e. The standard InChI is InChI=1S/C22H17NO3/c1-15-20(23-22(25-15)17-7-3-2-4-8-17)14-19-13-18-12-16(6-5-11-24)9-10-21(18)26-19/h2-13H,14H2,1H3. The number of hydrogen-bond donors (Lipinski definition) is 0. The second-order valence-electron chi connectivity index (χ2n) is 6.07. The van der Waals surface area contributed by atoms with Crippen LogP contribution >= 0.6 is 0 Å². The summed E-state index contributed by atoms with van der Waals surface area (Å²) in [5, 5.41) is 0.998. The number of furan rings is 1. The summed E-state index contributed by atoms with van der Waals surface area (Å²) in [5.74, 6) is 2.24. The Kier molecular flexibility index (Phi) is 4.23. The Bertz CT molecular complexity index is 1090. The number of nitrogens with zero attached hydrogens (tertiary/aromatic N) is 1. The van der Waals surface area contributed by atoms with Crippen molar-refractivity contribution in [3.8, 4) is 11.5 Å². The number of oxazole rings is 1. The molecule has 4 nitrogen and oxygen atoms in total. The average Bonchev–Trinajstić information content (AvgIpc) is 3.23. The summed E-state index contributed by atoms with van der Waals surface area (Å²) < 4.78 is 11.7. The minimum absolute atomic E-state index is 0.566. The second-order valence-corrected chi connectivity index (χ2v) is 6.07. The highest BCUT2D eigenvalue weighted by Gasteiger charge is 2.14. The number of rotatable bonds is 5. The Morgan fingerprint density at radius 1 is 1.04 bits per heavy atom. The summed E-state index contributed by atoms with van der Waals surface area (Å²) in [7, 11) is 0. The number of fused-ring (bicyclic) bond motifs is 1. The third kappa shape index (κ3) is 3.22. The minimum atomic E-state index is 0.566. The van der Waals surface area contributed by atoms with Crippen molar-refractivity contribution in [1.82, 2.24) is 4.98 Å². The van der Waals surface area contributed by atoms with E-state index in [1.54, 1.807) is 6.08 Å². The van der Waals surface area contributed by atoms with E-state index in [-0.39, 0.29) is 0 Å². The largest absolute Gasteiger partial charge is 0.461 e. The summed E-state index contributed by atoms with van der Waals surface area (Å²) in [6.07, 6.45) is 4.58. The van der Waals surface area contributed by atoms with Gasteiger partial charge in [-0.2, -0.15) is 0 Å². The molecule has 0 aliphatic heterocycles. The summed E-state index contributed by atoms with van der Waals surface area (Å²) >= 11 is 0. The smallest absolute Gasteiger partial charge is 0.226 e. The van der Waals surface area contributed by atoms with E-state index < -0.39 is 0 Å². The van der Waals surface area contributed by atoms with E-state index in [9.17, 15) is 4.79 Å². The van der Waals surface area contributed by atoms with Crippen molar-refractivity contribution < 1.29 is 13.6 Å². The number of aromatic nitrogens is 1. The molecule has 0 aliphatic carbocycles. The van der Waals surface area contributed by atoms with E-state index in [1.807, 2.05) is 61.5 Å². The highest BCUT2D eigenvalue weighted by atomic mass is 16.4. The second kappa shape index (κ2) is 6.84. The lowest BCUT2D eigenvalue weighted by Crippen LogP contribution is -1.88. The number of carbonyl (C=O) groups excluding carboxylic acids is 1. The predicted molar refractivity (Wildman–Crippen MR) is 101 cm³/mol. The van der Waals surface area contributed by atoms with E-state index in [0.717, 1.165) is 45.6 Å². The van der Waals surface area contributed by atoms with Crippen molar-refractivity contribution in [2.45, 2.75) is 13.3 Å². The zero-order valence-electron chi connectivity index (χ0n) is 14.3. The average molecular weight is 343 g/mol. The molecule has 0 N–H and O–H groups in total. The first kappa shape index (κ1) is 16.1. The van der Waals surface area contributed by atoms with Gasteiger partial charge < -0.3 is 8.83 Å². The van der Waals surface area contributed by atoms with Gasteiger partial charge in [-0.25, -0.2) is 4.98 Å². The third-order valence-corrected chi connectivity index (χ3v) is 4.21. The lowest BCUT2D eigenvalue weighted by molar-refractivity contribution is -0.104. The number of hydrogen-bond acceptors (Lipinski definition) is 4. The highest BCUT2D eigenvalue weighted by Crippen LogP contribution is 2.26. The van der Waals surface area contributed by atoms with Crippen LogP contribution in [0.15, 0.2) is 69.5 Å². The first-order valence-electron chi connectivity index (χ1n) is 8.39. The van der Waals surface area contributed by atoms with Crippen molar-refractivity contribution in [3.63, 3.8) is 0 Å². The van der Waals surface area contributed by atoms with Crippen LogP contribution in [-0.4, -0.2) is 11.3 Å². The Balaban J connectivity index is 1.62. The number of carbonyl (C=O) groups is 1. The van der Waals surface area contributed by atoms with Gasteiger partial charge in [0.2, 0.25) is 5.89 Å². The Labute approximate surface area is 150 Å². The molecule has 0 aliphatic rings. The quantitative estimate of drug-likeness (QED) is 0.369. The lowest BCUT2D eigenvalue weighted by atomic mass is 10.1. The number of benzene rings is 2. The van der Waals surface area contributed by atoms with Gasteiger partial charge in [-0.3, -0.25) is 4.79 Å². The maximum atomic E-state index is 10.5. The van der Waals surface area contributed by atoms with E-state index in [0.29, 0.717) is 12.3 Å². The van der Waals surface area contributed by atoms with Gasteiger partial charge in [0.25, 0.3) is 0 Å². The number of aldehydes is 1. The van der Waals surface area contributed by atoms with Crippen LogP contribution in [-0.2, 0) is 11.2 Å². The molecule has 0 unspecified atom stereocenters. The van der Waals surface area contributed by atoms with E-state index in [4.69, 9.17) is 8.83 Å². The molecule has 2 heterocycles. The van der Waals surface area contributed by atoms with Crippen LogP contribution in [0, 0.1) is 6.92 Å². The van der Waals surface area contributed by atoms with Crippen LogP contribution in [0.1, 0.15) is 22.8 Å². The zero-order valence-corrected chi connectivity index (χ0v) is 14.3. The van der Waals surface area contributed by atoms with Crippen LogP contribution in [0.3, 0.4) is 0 Å². The molecule has 0 amide bonds. The monoisotopic (exact) mass is 343 g/mol. The van der Waals surface area contributed by atoms with Gasteiger partial charge in [0.1, 0.15) is 23.4 Å². The van der Waals surface area contributed by atoms with Gasteiger partial charge in [-0.15, -0.1) is 0 Å². The molecule has 26 heavy (non-hydrogen) atoms. The maximum Gasteiger partial charge on any atom is 0.226 e. The van der Waals surface area contributed by atoms with Crippen LogP contribution < -0.4 is 0 Å². The van der Waals surface area contributed by atoms with Crippen LogP contribution in [0.4, 0.5) is 0 Å². The van der Waals surface area contributed by atoms with Crippen molar-refractivity contribution in [2.75, 3.05) is 0 Å². The molecule has 4 aromatic rings. The molecule has 0 saturated heterocycles. The summed E-state index contributed by atoms with van der Waals surface area (Å²) in [6, 6.07) is 17.7. The van der Waals surface area contributed by atoms with E-state index >= 15 is 0 Å². The zero-order chi connectivity index (χ0) is 17.9. The molecule has 0 radical (unpaired) electrons. The molecule has 2 aromatic heterocycles. The van der Waals surface area contributed by atoms with Crippen LogP contribution in [0.2, 0.25) is 0 Å². The van der Waals surface area contributed by atoms with Gasteiger partial charge in [0.15, 0.2) is 0 Å². The molecule has 0 spiro atoms. The molecule has 0 atom stereocenters. The van der Waals surface area contributed by atoms with Crippen molar-refractivity contribution in [2.24, 2.45) is 0 Å². The first-order chi connectivity index (χ1) is 12.7. The topological polar surface area (TPSA) is 56.2 Å². The number of allylic oxidation sites excluding steroid dienone is 1. The van der Waals surface area contributed by atoms with Gasteiger partial charge in [-0.05, 0) is 48.9 Å². The van der Waals surface area contributed by atoms with Crippen LogP contribution in [0.25, 0.3) is 28.5 Å². The molecule has 0 saturated carbocycles. The van der Waals surface area contributed by atoms with E-state index in [1.165, 1.54) is 6.08 Å². The maximum absolute atomic E-state index is 10.5. The molecule has 4 heteroatoms. The molecule has 0 bridgehead atoms. The van der Waals surface area contributed by atoms with Gasteiger partial charge in [0, 0.05) is 10.9 Å². The Morgan fingerprint density at radius 2 is 1.88 bits per heavy atom. The van der Waals surface area contributed by atoms with Crippen molar-refractivity contribution in [1.29, 1.82) is 0 Å².